The number of nitrogens with one attached hydrogen (secondary N) is 1. The van der Waals surface area contributed by atoms with Crippen molar-refractivity contribution in [3.63, 3.8) is 0 Å². The van der Waals surface area contributed by atoms with Crippen LogP contribution < -0.4 is 5.32 Å². The zero-order valence-corrected chi connectivity index (χ0v) is 15.1. The fraction of sp³-hybridized carbons (Fsp3) is 0.529. The van der Waals surface area contributed by atoms with Crippen LogP contribution >= 0.6 is 0 Å². The second kappa shape index (κ2) is 9.05. The second-order valence-corrected chi connectivity index (χ2v) is 7.05. The Labute approximate surface area is 145 Å². The molecule has 1 aliphatic rings. The van der Waals surface area contributed by atoms with Crippen LogP contribution in [0.3, 0.4) is 0 Å². The molecule has 0 bridgehead atoms. The van der Waals surface area contributed by atoms with E-state index in [0.29, 0.717) is 6.42 Å². The summed E-state index contributed by atoms with van der Waals surface area (Å²) in [6, 6.07) is 8.22. The lowest BCUT2D eigenvalue weighted by atomic mass is 10.0. The minimum atomic E-state index is -1.41. The van der Waals surface area contributed by atoms with Crippen molar-refractivity contribution in [2.45, 2.75) is 44.7 Å². The van der Waals surface area contributed by atoms with E-state index < -0.39 is 28.7 Å². The third-order valence-corrected chi connectivity index (χ3v) is 4.66. The third-order valence-electron chi connectivity index (χ3n) is 3.66. The molecule has 1 N–H and O–H groups in total. The summed E-state index contributed by atoms with van der Waals surface area (Å²) < 4.78 is 16.7. The molecule has 1 heterocycles. The molecule has 3 unspecified atom stereocenters. The number of oxime groups is 1. The first-order chi connectivity index (χ1) is 11.5. The fourth-order valence-electron chi connectivity index (χ4n) is 2.48. The summed E-state index contributed by atoms with van der Waals surface area (Å²) in [5, 5.41) is 6.08. The Hall–Kier alpha value is -1.57. The van der Waals surface area contributed by atoms with E-state index in [9.17, 15) is 9.35 Å². The highest BCUT2D eigenvalue weighted by atomic mass is 32.2. The standard InChI is InChI=1S/C17H24N2O4S/c1-4-6-12-7-9-13(10-8-12)14-11-15(23-19-14)18-16(24(3)21)17(20)22-5-2/h7-10,15-16,18H,4-6,11H2,1-3H3. The Morgan fingerprint density at radius 1 is 1.46 bits per heavy atom. The van der Waals surface area contributed by atoms with Crippen LogP contribution in [0, 0.1) is 0 Å². The number of benzene rings is 1. The monoisotopic (exact) mass is 352 g/mol. The van der Waals surface area contributed by atoms with E-state index >= 15 is 0 Å². The summed E-state index contributed by atoms with van der Waals surface area (Å²) >= 11 is -1.41. The molecule has 0 aliphatic carbocycles. The molecule has 0 saturated carbocycles. The molecule has 0 saturated heterocycles. The summed E-state index contributed by atoms with van der Waals surface area (Å²) in [5.41, 5.74) is 3.09. The van der Waals surface area contributed by atoms with Crippen molar-refractivity contribution in [3.05, 3.63) is 35.4 Å². The van der Waals surface area contributed by atoms with E-state index in [1.807, 2.05) is 12.1 Å². The van der Waals surface area contributed by atoms with Gasteiger partial charge in [0.1, 0.15) is 0 Å². The van der Waals surface area contributed by atoms with Gasteiger partial charge in [0, 0.05) is 6.42 Å². The Balaban J connectivity index is 1.94. The summed E-state index contributed by atoms with van der Waals surface area (Å²) in [6.45, 7) is 4.10. The molecule has 132 valence electrons. The van der Waals surface area contributed by atoms with Gasteiger partial charge in [-0.1, -0.05) is 42.8 Å². The second-order valence-electron chi connectivity index (χ2n) is 5.58. The Morgan fingerprint density at radius 3 is 2.75 bits per heavy atom. The van der Waals surface area contributed by atoms with Crippen molar-refractivity contribution in [1.82, 2.24) is 5.32 Å². The maximum atomic E-state index is 11.9. The van der Waals surface area contributed by atoms with Crippen LogP contribution in [0.5, 0.6) is 0 Å². The highest BCUT2D eigenvalue weighted by molar-refractivity contribution is 7.92. The number of esters is 1. The van der Waals surface area contributed by atoms with Crippen LogP contribution in [0.25, 0.3) is 0 Å². The molecule has 24 heavy (non-hydrogen) atoms. The number of aryl methyl sites for hydroxylation is 1. The molecule has 3 atom stereocenters. The van der Waals surface area contributed by atoms with Crippen molar-refractivity contribution in [1.29, 1.82) is 0 Å². The third kappa shape index (κ3) is 4.96. The van der Waals surface area contributed by atoms with Crippen molar-refractivity contribution in [2.24, 2.45) is 5.16 Å². The van der Waals surface area contributed by atoms with Crippen molar-refractivity contribution < 1.29 is 18.9 Å². The molecule has 6 nitrogen and oxygen atoms in total. The van der Waals surface area contributed by atoms with Crippen LogP contribution in [0.15, 0.2) is 29.4 Å². The SMILES string of the molecule is CCCc1ccc(C2=NOC(NC(C(=O)OCC)[S+](C)[O-])C2)cc1. The Bertz CT molecular complexity index is 574. The van der Waals surface area contributed by atoms with Gasteiger partial charge in [-0.05, 0) is 35.6 Å². The quantitative estimate of drug-likeness (QED) is 0.571. The molecule has 0 amide bonds. The number of carbonyl (C=O) groups is 1. The first kappa shape index (κ1) is 18.8. The van der Waals surface area contributed by atoms with Gasteiger partial charge < -0.3 is 14.1 Å². The van der Waals surface area contributed by atoms with Gasteiger partial charge in [0.15, 0.2) is 6.23 Å². The van der Waals surface area contributed by atoms with Gasteiger partial charge in [-0.2, -0.15) is 0 Å². The van der Waals surface area contributed by atoms with Gasteiger partial charge in [-0.25, -0.2) is 10.1 Å². The van der Waals surface area contributed by atoms with Gasteiger partial charge in [-0.3, -0.25) is 0 Å². The topological polar surface area (TPSA) is 83.0 Å². The maximum absolute atomic E-state index is 11.9. The first-order valence-electron chi connectivity index (χ1n) is 8.12. The molecule has 1 aromatic rings. The molecule has 7 heteroatoms. The average molecular weight is 352 g/mol. The Kier molecular flexibility index (Phi) is 7.08. The van der Waals surface area contributed by atoms with E-state index in [4.69, 9.17) is 9.57 Å². The van der Waals surface area contributed by atoms with Crippen molar-refractivity contribution in [3.8, 4) is 0 Å². The van der Waals surface area contributed by atoms with Gasteiger partial charge >= 0.3 is 5.97 Å². The van der Waals surface area contributed by atoms with Gasteiger partial charge in [0.25, 0.3) is 5.37 Å². The smallest absolute Gasteiger partial charge is 0.375 e. The lowest BCUT2D eigenvalue weighted by Crippen LogP contribution is -2.48. The summed E-state index contributed by atoms with van der Waals surface area (Å²) in [7, 11) is 0. The van der Waals surface area contributed by atoms with Crippen LogP contribution in [0.1, 0.15) is 37.8 Å². The van der Waals surface area contributed by atoms with E-state index in [0.717, 1.165) is 24.1 Å². The molecule has 1 aromatic carbocycles. The zero-order valence-electron chi connectivity index (χ0n) is 14.3. The van der Waals surface area contributed by atoms with E-state index in [2.05, 4.69) is 29.5 Å². The number of hydrogen-bond acceptors (Lipinski definition) is 6. The summed E-state index contributed by atoms with van der Waals surface area (Å²) in [5.74, 6) is -0.542. The van der Waals surface area contributed by atoms with Gasteiger partial charge in [0.2, 0.25) is 0 Å². The van der Waals surface area contributed by atoms with E-state index in [1.54, 1.807) is 6.92 Å². The number of ether oxygens (including phenoxy) is 1. The number of carbonyl (C=O) groups excluding carboxylic acids is 1. The minimum Gasteiger partial charge on any atom is -0.615 e. The van der Waals surface area contributed by atoms with Crippen LogP contribution in [0.2, 0.25) is 0 Å². The average Bonchev–Trinajstić information content (AvgIpc) is 3.02. The molecule has 2 rings (SSSR count). The van der Waals surface area contributed by atoms with Crippen LogP contribution in [0.4, 0.5) is 0 Å². The normalized spacial score (nSPS) is 19.3. The summed E-state index contributed by atoms with van der Waals surface area (Å²) in [6.07, 6.45) is 3.63. The van der Waals surface area contributed by atoms with Gasteiger partial charge in [-0.15, -0.1) is 0 Å². The predicted molar refractivity (Wildman–Crippen MR) is 94.1 cm³/mol. The van der Waals surface area contributed by atoms with E-state index in [1.165, 1.54) is 11.8 Å². The largest absolute Gasteiger partial charge is 0.615 e. The van der Waals surface area contributed by atoms with Crippen molar-refractivity contribution >= 4 is 22.9 Å². The molecule has 0 radical (unpaired) electrons. The lowest BCUT2D eigenvalue weighted by molar-refractivity contribution is -0.144. The fourth-order valence-corrected chi connectivity index (χ4v) is 3.16. The van der Waals surface area contributed by atoms with Crippen LogP contribution in [-0.4, -0.2) is 40.7 Å². The molecule has 0 fully saturated rings. The van der Waals surface area contributed by atoms with Gasteiger partial charge in [0.05, 0.1) is 18.6 Å². The molecular weight excluding hydrogens is 328 g/mol. The molecule has 0 spiro atoms. The molecule has 1 aliphatic heterocycles. The highest BCUT2D eigenvalue weighted by Gasteiger charge is 2.34. The number of nitrogens with zero attached hydrogens (tertiary/aromatic N) is 1. The Morgan fingerprint density at radius 2 is 2.17 bits per heavy atom. The first-order valence-corrected chi connectivity index (χ1v) is 9.74. The van der Waals surface area contributed by atoms with Crippen LogP contribution in [-0.2, 0) is 32.0 Å². The molecular formula is C17H24N2O4S. The molecule has 0 aromatic heterocycles. The predicted octanol–water partition coefficient (Wildman–Crippen LogP) is 1.95. The lowest BCUT2D eigenvalue weighted by Gasteiger charge is -2.20. The zero-order chi connectivity index (χ0) is 17.5. The highest BCUT2D eigenvalue weighted by Crippen LogP contribution is 2.17. The number of hydrogen-bond donors (Lipinski definition) is 1. The number of rotatable bonds is 8. The van der Waals surface area contributed by atoms with E-state index in [-0.39, 0.29) is 6.61 Å². The minimum absolute atomic E-state index is 0.242. The maximum Gasteiger partial charge on any atom is 0.375 e. The van der Waals surface area contributed by atoms with Crippen molar-refractivity contribution in [2.75, 3.05) is 12.9 Å². The summed E-state index contributed by atoms with van der Waals surface area (Å²) in [4.78, 5) is 17.2.